The van der Waals surface area contributed by atoms with Crippen LogP contribution in [0.2, 0.25) is 0 Å². The van der Waals surface area contributed by atoms with E-state index in [9.17, 15) is 34.5 Å². The number of rotatable bonds is 25. The number of ketones is 2. The molecule has 6 rings (SSSR count). The number of carbonyl (C=O) groups excluding carboxylic acids is 4. The van der Waals surface area contributed by atoms with Gasteiger partial charge in [0, 0.05) is 97.2 Å². The summed E-state index contributed by atoms with van der Waals surface area (Å²) in [6.07, 6.45) is 1.12. The predicted molar refractivity (Wildman–Crippen MR) is 338 cm³/mol. The van der Waals surface area contributed by atoms with Crippen molar-refractivity contribution in [2.75, 3.05) is 48.8 Å². The van der Waals surface area contributed by atoms with E-state index in [-0.39, 0.29) is 109 Å². The van der Waals surface area contributed by atoms with E-state index in [4.69, 9.17) is 63.7 Å². The van der Waals surface area contributed by atoms with Crippen LogP contribution in [0, 0.1) is 40.4 Å². The number of esters is 1. The lowest BCUT2D eigenvalue weighted by atomic mass is 9.72. The first-order valence-corrected chi connectivity index (χ1v) is 32.5. The number of hydrogen-bond donors (Lipinski definition) is 3. The van der Waals surface area contributed by atoms with Crippen molar-refractivity contribution in [1.29, 1.82) is 0 Å². The molecular weight excluding hydrogens is 1150 g/mol. The van der Waals surface area contributed by atoms with E-state index in [1.54, 1.807) is 72.8 Å². The molecule has 0 aliphatic carbocycles. The first kappa shape index (κ1) is 77.7. The Balaban J connectivity index is 0.000000289. The van der Waals surface area contributed by atoms with Crippen LogP contribution in [0.25, 0.3) is 0 Å². The van der Waals surface area contributed by atoms with E-state index >= 15 is 0 Å². The molecule has 1 aromatic rings. The van der Waals surface area contributed by atoms with E-state index in [0.29, 0.717) is 75.6 Å². The van der Waals surface area contributed by atoms with Gasteiger partial charge in [0.05, 0.1) is 91.5 Å². The molecule has 506 valence electrons. The Morgan fingerprint density at radius 2 is 1.09 bits per heavy atom. The number of aliphatic hydroxyl groups is 3. The molecule has 0 radical (unpaired) electrons. The van der Waals surface area contributed by atoms with E-state index in [1.807, 2.05) is 62.3 Å². The Kier molecular flexibility index (Phi) is 29.9. The quantitative estimate of drug-likeness (QED) is 0.0469. The van der Waals surface area contributed by atoms with E-state index in [1.165, 1.54) is 0 Å². The summed E-state index contributed by atoms with van der Waals surface area (Å²) in [5, 5.41) is 32.0. The normalized spacial score (nSPS) is 35.4. The van der Waals surface area contributed by atoms with Gasteiger partial charge in [-0.1, -0.05) is 92.7 Å². The predicted octanol–water partition coefficient (Wildman–Crippen LogP) is 10.7. The third-order valence-corrected chi connectivity index (χ3v) is 20.9. The summed E-state index contributed by atoms with van der Waals surface area (Å²) >= 11 is 5.69. The lowest BCUT2D eigenvalue weighted by molar-refractivity contribution is -0.206. The molecule has 0 saturated carbocycles. The number of benzene rings is 1. The van der Waals surface area contributed by atoms with E-state index in [0.717, 1.165) is 18.4 Å². The molecule has 0 spiro atoms. The molecule has 3 N–H and O–H groups in total. The van der Waals surface area contributed by atoms with Crippen molar-refractivity contribution in [2.45, 2.75) is 277 Å². The largest absolute Gasteiger partial charge is 0.446 e. The van der Waals surface area contributed by atoms with Crippen LogP contribution in [-0.4, -0.2) is 189 Å². The molecule has 5 aliphatic heterocycles. The Morgan fingerprint density at radius 1 is 0.648 bits per heavy atom. The van der Waals surface area contributed by atoms with Gasteiger partial charge in [0.2, 0.25) is 6.10 Å². The molecule has 0 bridgehead atoms. The maximum atomic E-state index is 13.2. The van der Waals surface area contributed by atoms with Crippen molar-refractivity contribution >= 4 is 34.4 Å². The zero-order chi connectivity index (χ0) is 66.4. The number of methoxy groups -OCH3 is 5. The van der Waals surface area contributed by atoms with E-state index < -0.39 is 57.8 Å². The third-order valence-electron chi connectivity index (χ3n) is 20.7. The molecule has 22 atom stereocenters. The van der Waals surface area contributed by atoms with Crippen LogP contribution >= 0.6 is 11.6 Å². The molecule has 88 heavy (non-hydrogen) atoms. The summed E-state index contributed by atoms with van der Waals surface area (Å²) < 4.78 is 64.1. The highest BCUT2D eigenvalue weighted by molar-refractivity contribution is 6.64. The zero-order valence-electron chi connectivity index (χ0n) is 57.1. The molecule has 5 aliphatic rings. The maximum absolute atomic E-state index is 13.2. The number of carbonyl (C=O) groups is 4. The van der Waals surface area contributed by atoms with Crippen LogP contribution < -0.4 is 0 Å². The van der Waals surface area contributed by atoms with Gasteiger partial charge in [0.1, 0.15) is 23.4 Å². The standard InChI is InChI=1S/C27H48O7.C25H46O7.C17H21ClO4/c1-16(11-21(28)25(29)27(7)14-17(2)18(3)19(4)34-27)22-13-23(32-10)26(5,6)24(33-22)12-20(31-9)15-30-8;1-15-9-10-25(6,32-17(15)3)23(28)19(26)11-16(2)20-13-21(27)24(4,5)22(31-20)12-18(30-8)14-29-7;1-11-9-10-17(3,22-12(11)2)14(15(18)19)21-16(20)13-7-5-4-6-8-13/h16,18-20,22-25,29H,2,11-15H2,1,3-10H3;15-18,20-23,27-28H,9-14H2,1-8H3;4-8,11-12,14H,9-10H2,1-3H3/t16-,18-,19-,20+,22+,23-,24-,25-,27-;15-,16-,17-,18+,20+,21-,22-,23-,25-;11-,12-,14-,17-/m111/s1. The molecular formula is C69H115ClO18. The Labute approximate surface area is 532 Å². The molecule has 19 heteroatoms. The first-order valence-electron chi connectivity index (χ1n) is 32.1. The third kappa shape index (κ3) is 20.1. The van der Waals surface area contributed by atoms with Gasteiger partial charge in [-0.3, -0.25) is 14.4 Å². The highest BCUT2D eigenvalue weighted by Gasteiger charge is 2.52. The smallest absolute Gasteiger partial charge is 0.338 e. The van der Waals surface area contributed by atoms with Crippen LogP contribution in [0.1, 0.15) is 185 Å². The van der Waals surface area contributed by atoms with Crippen molar-refractivity contribution < 1.29 is 86.6 Å². The summed E-state index contributed by atoms with van der Waals surface area (Å²) in [4.78, 5) is 50.2. The lowest BCUT2D eigenvalue weighted by Crippen LogP contribution is -2.55. The lowest BCUT2D eigenvalue weighted by Gasteiger charge is -2.49. The maximum Gasteiger partial charge on any atom is 0.338 e. The first-order chi connectivity index (χ1) is 41.0. The second kappa shape index (κ2) is 33.9. The monoisotopic (exact) mass is 1270 g/mol. The number of ether oxygens (including phenoxy) is 11. The van der Waals surface area contributed by atoms with Crippen molar-refractivity contribution in [1.82, 2.24) is 0 Å². The summed E-state index contributed by atoms with van der Waals surface area (Å²) in [6, 6.07) is 8.53. The Hall–Kier alpha value is -2.79. The highest BCUT2D eigenvalue weighted by atomic mass is 35.5. The average Bonchev–Trinajstić information content (AvgIpc) is 2.41. The fourth-order valence-corrected chi connectivity index (χ4v) is 13.5. The van der Waals surface area contributed by atoms with Crippen LogP contribution in [-0.2, 0) is 66.5 Å². The topological polar surface area (TPSA) is 230 Å². The minimum Gasteiger partial charge on any atom is -0.446 e. The van der Waals surface area contributed by atoms with Crippen LogP contribution in [0.4, 0.5) is 0 Å². The van der Waals surface area contributed by atoms with Gasteiger partial charge in [0.25, 0.3) is 5.24 Å². The summed E-state index contributed by atoms with van der Waals surface area (Å²) in [7, 11) is 8.34. The van der Waals surface area contributed by atoms with E-state index in [2.05, 4.69) is 41.2 Å². The van der Waals surface area contributed by atoms with Crippen molar-refractivity contribution in [2.24, 2.45) is 40.4 Å². The molecule has 5 heterocycles. The van der Waals surface area contributed by atoms with Crippen LogP contribution in [0.15, 0.2) is 42.5 Å². The van der Waals surface area contributed by atoms with Gasteiger partial charge < -0.3 is 67.4 Å². The van der Waals surface area contributed by atoms with Gasteiger partial charge in [-0.2, -0.15) is 0 Å². The molecule has 0 amide bonds. The number of halogens is 1. The van der Waals surface area contributed by atoms with Crippen molar-refractivity contribution in [3.63, 3.8) is 0 Å². The molecule has 0 aromatic heterocycles. The Bertz CT molecular complexity index is 2350. The fraction of sp³-hybridized carbons (Fsp3) is 0.826. The van der Waals surface area contributed by atoms with Gasteiger partial charge in [-0.15, -0.1) is 0 Å². The SMILES string of the molecule is C=C1C[C@](C)([C@H](O)C(=O)C[C@@H](C)[C@@H]2C[C@@H](OC)C(C)(C)[C@@H](C[C@@H](COC)OC)O2)O[C@H](C)[C@@H]1C.COC[C@H](C[C@H]1O[C@H]([C@H](C)CC(=O)[C@@H](O)[C@@]2(C)CC[C@@H](C)[C@@H](C)O2)C[C@@H](O)C1(C)C)OC.C[C@@H]1CC[C@](C)([C@H](OC(=O)c2ccccc2)C(=O)Cl)O[C@@H]1C. The van der Waals surface area contributed by atoms with Gasteiger partial charge in [-0.05, 0) is 115 Å². The minimum atomic E-state index is -1.21. The number of aliphatic hydroxyl groups excluding tert-OH is 3. The molecule has 0 unspecified atom stereocenters. The highest BCUT2D eigenvalue weighted by Crippen LogP contribution is 2.45. The molecule has 18 nitrogen and oxygen atoms in total. The summed E-state index contributed by atoms with van der Waals surface area (Å²) in [5.41, 5.74) is -1.99. The average molecular weight is 1270 g/mol. The van der Waals surface area contributed by atoms with Crippen LogP contribution in [0.5, 0.6) is 0 Å². The molecule has 5 fully saturated rings. The number of hydrogen-bond acceptors (Lipinski definition) is 18. The van der Waals surface area contributed by atoms with Crippen LogP contribution in [0.3, 0.4) is 0 Å². The molecule has 1 aromatic carbocycles. The summed E-state index contributed by atoms with van der Waals surface area (Å²) in [6.45, 7) is 35.0. The van der Waals surface area contributed by atoms with Crippen molar-refractivity contribution in [3.8, 4) is 0 Å². The Morgan fingerprint density at radius 3 is 1.53 bits per heavy atom. The second-order valence-corrected chi connectivity index (χ2v) is 28.8. The van der Waals surface area contributed by atoms with Gasteiger partial charge in [-0.25, -0.2) is 4.79 Å². The fourth-order valence-electron chi connectivity index (χ4n) is 13.2. The second-order valence-electron chi connectivity index (χ2n) is 28.4. The van der Waals surface area contributed by atoms with Gasteiger partial charge >= 0.3 is 5.97 Å². The van der Waals surface area contributed by atoms with Crippen molar-refractivity contribution in [3.05, 3.63) is 48.0 Å². The minimum absolute atomic E-state index is 0.00858. The van der Waals surface area contributed by atoms with Gasteiger partial charge in [0.15, 0.2) is 11.6 Å². The molecule has 5 saturated heterocycles. The zero-order valence-corrected chi connectivity index (χ0v) is 57.9. The number of Topliss-reactive ketones (excluding diaryl/α,β-unsaturated/α-hetero) is 2. The summed E-state index contributed by atoms with van der Waals surface area (Å²) in [5.74, 6) is -0.250.